The van der Waals surface area contributed by atoms with Crippen molar-refractivity contribution in [2.45, 2.75) is 6.10 Å². The van der Waals surface area contributed by atoms with E-state index in [9.17, 15) is 9.59 Å². The summed E-state index contributed by atoms with van der Waals surface area (Å²) in [7, 11) is 1.23. The van der Waals surface area contributed by atoms with E-state index in [4.69, 9.17) is 33.2 Å². The predicted molar refractivity (Wildman–Crippen MR) is 76.0 cm³/mol. The van der Waals surface area contributed by atoms with Crippen LogP contribution in [0.2, 0.25) is 0 Å². The summed E-state index contributed by atoms with van der Waals surface area (Å²) in [6.07, 6.45) is -1.41. The summed E-state index contributed by atoms with van der Waals surface area (Å²) in [5, 5.41) is 0. The molecule has 1 fully saturated rings. The molecule has 134 valence electrons. The lowest BCUT2D eigenvalue weighted by molar-refractivity contribution is -0.172. The lowest BCUT2D eigenvalue weighted by atomic mass is 10.3. The van der Waals surface area contributed by atoms with Crippen molar-refractivity contribution in [2.24, 2.45) is 0 Å². The van der Waals surface area contributed by atoms with E-state index in [1.54, 1.807) is 0 Å². The summed E-state index contributed by atoms with van der Waals surface area (Å²) in [4.78, 5) is 23.4. The third-order valence-corrected chi connectivity index (χ3v) is 2.72. The van der Waals surface area contributed by atoms with Crippen LogP contribution < -0.4 is 0 Å². The molecule has 1 aliphatic heterocycles. The number of ether oxygens (including phenoxy) is 7. The molecule has 0 spiro atoms. The molecule has 0 radical (unpaired) electrons. The van der Waals surface area contributed by atoms with Gasteiger partial charge in [-0.25, -0.2) is 9.59 Å². The van der Waals surface area contributed by atoms with Gasteiger partial charge in [0.25, 0.3) is 6.10 Å². The molecule has 0 saturated carbocycles. The van der Waals surface area contributed by atoms with Crippen molar-refractivity contribution >= 4 is 11.9 Å². The van der Waals surface area contributed by atoms with E-state index in [0.29, 0.717) is 39.6 Å². The highest BCUT2D eigenvalue weighted by Crippen LogP contribution is 1.99. The first-order valence-corrected chi connectivity index (χ1v) is 7.42. The highest BCUT2D eigenvalue weighted by atomic mass is 16.6. The van der Waals surface area contributed by atoms with Gasteiger partial charge in [0.15, 0.2) is 0 Å². The second kappa shape index (κ2) is 13.2. The van der Waals surface area contributed by atoms with Crippen molar-refractivity contribution in [3.05, 3.63) is 0 Å². The van der Waals surface area contributed by atoms with Crippen LogP contribution in [-0.2, 0) is 42.7 Å². The Morgan fingerprint density at radius 2 is 0.957 bits per heavy atom. The lowest BCUT2D eigenvalue weighted by Crippen LogP contribution is -2.36. The molecule has 0 aromatic carbocycles. The second-order valence-electron chi connectivity index (χ2n) is 4.40. The van der Waals surface area contributed by atoms with Crippen LogP contribution in [0.4, 0.5) is 0 Å². The van der Waals surface area contributed by atoms with Gasteiger partial charge in [-0.15, -0.1) is 0 Å². The van der Waals surface area contributed by atoms with Gasteiger partial charge in [-0.3, -0.25) is 0 Å². The summed E-state index contributed by atoms with van der Waals surface area (Å²) in [6, 6.07) is 0. The van der Waals surface area contributed by atoms with E-state index in [1.807, 2.05) is 0 Å². The van der Waals surface area contributed by atoms with Gasteiger partial charge < -0.3 is 33.2 Å². The molecular weight excluding hydrogens is 312 g/mol. The summed E-state index contributed by atoms with van der Waals surface area (Å²) < 4.78 is 35.6. The van der Waals surface area contributed by atoms with Crippen molar-refractivity contribution in [1.82, 2.24) is 0 Å². The van der Waals surface area contributed by atoms with Gasteiger partial charge in [0, 0.05) is 7.11 Å². The molecule has 0 unspecified atom stereocenters. The van der Waals surface area contributed by atoms with E-state index in [2.05, 4.69) is 0 Å². The number of hydrogen-bond donors (Lipinski definition) is 0. The monoisotopic (exact) mass is 336 g/mol. The van der Waals surface area contributed by atoms with Crippen LogP contribution in [-0.4, -0.2) is 91.2 Å². The fourth-order valence-electron chi connectivity index (χ4n) is 1.60. The molecule has 0 aromatic heterocycles. The molecule has 1 saturated heterocycles. The highest BCUT2D eigenvalue weighted by molar-refractivity contribution is 5.98. The SMILES string of the molecule is COC1C(=O)OCCOCCOCCOCCOCCOC1=O. The van der Waals surface area contributed by atoms with Crippen molar-refractivity contribution < 1.29 is 42.7 Å². The Labute approximate surface area is 135 Å². The van der Waals surface area contributed by atoms with Gasteiger partial charge in [-0.2, -0.15) is 0 Å². The molecular formula is C14H24O9. The largest absolute Gasteiger partial charge is 0.461 e. The fourth-order valence-corrected chi connectivity index (χ4v) is 1.60. The summed E-state index contributed by atoms with van der Waals surface area (Å²) >= 11 is 0. The molecule has 9 nitrogen and oxygen atoms in total. The maximum Gasteiger partial charge on any atom is 0.347 e. The first-order chi connectivity index (χ1) is 11.3. The Hall–Kier alpha value is -1.26. The number of cyclic esters (lactones) is 2. The van der Waals surface area contributed by atoms with E-state index in [1.165, 1.54) is 7.11 Å². The molecule has 23 heavy (non-hydrogen) atoms. The first kappa shape index (κ1) is 19.8. The van der Waals surface area contributed by atoms with Crippen LogP contribution in [0.25, 0.3) is 0 Å². The van der Waals surface area contributed by atoms with Crippen LogP contribution in [0.15, 0.2) is 0 Å². The van der Waals surface area contributed by atoms with Crippen LogP contribution in [0.3, 0.4) is 0 Å². The summed E-state index contributed by atoms with van der Waals surface area (Å²) in [6.45, 7) is 2.93. The van der Waals surface area contributed by atoms with Crippen molar-refractivity contribution in [3.63, 3.8) is 0 Å². The Morgan fingerprint density at radius 1 is 0.652 bits per heavy atom. The van der Waals surface area contributed by atoms with Crippen molar-refractivity contribution in [3.8, 4) is 0 Å². The average Bonchev–Trinajstić information content (AvgIpc) is 2.54. The molecule has 0 amide bonds. The van der Waals surface area contributed by atoms with Gasteiger partial charge in [-0.05, 0) is 0 Å². The molecule has 0 atom stereocenters. The zero-order valence-corrected chi connectivity index (χ0v) is 13.3. The topological polar surface area (TPSA) is 98.8 Å². The quantitative estimate of drug-likeness (QED) is 0.448. The molecule has 0 aliphatic carbocycles. The number of carbonyl (C=O) groups is 2. The zero-order valence-electron chi connectivity index (χ0n) is 13.3. The third-order valence-electron chi connectivity index (χ3n) is 2.72. The molecule has 0 aromatic rings. The Morgan fingerprint density at radius 3 is 1.26 bits per heavy atom. The van der Waals surface area contributed by atoms with Gasteiger partial charge in [0.05, 0.1) is 52.9 Å². The normalized spacial score (nSPS) is 22.3. The van der Waals surface area contributed by atoms with Gasteiger partial charge in [-0.1, -0.05) is 0 Å². The molecule has 1 aliphatic rings. The van der Waals surface area contributed by atoms with Crippen molar-refractivity contribution in [1.29, 1.82) is 0 Å². The number of methoxy groups -OCH3 is 1. The zero-order chi connectivity index (χ0) is 16.8. The number of hydrogen-bond acceptors (Lipinski definition) is 9. The van der Waals surface area contributed by atoms with Crippen molar-refractivity contribution in [2.75, 3.05) is 73.2 Å². The van der Waals surface area contributed by atoms with Crippen LogP contribution in [0.5, 0.6) is 0 Å². The summed E-state index contributed by atoms with van der Waals surface area (Å²) in [5.74, 6) is -1.63. The van der Waals surface area contributed by atoms with E-state index in [-0.39, 0.29) is 26.4 Å². The maximum absolute atomic E-state index is 11.7. The predicted octanol–water partition coefficient (Wildman–Crippen LogP) is -0.832. The Kier molecular flexibility index (Phi) is 11.4. The van der Waals surface area contributed by atoms with Gasteiger partial charge in [0.2, 0.25) is 0 Å². The Bertz CT molecular complexity index is 304. The smallest absolute Gasteiger partial charge is 0.347 e. The number of esters is 2. The fraction of sp³-hybridized carbons (Fsp3) is 0.857. The van der Waals surface area contributed by atoms with Crippen LogP contribution in [0.1, 0.15) is 0 Å². The minimum absolute atomic E-state index is 0.0121. The second-order valence-corrected chi connectivity index (χ2v) is 4.40. The average molecular weight is 336 g/mol. The van der Waals surface area contributed by atoms with Crippen LogP contribution >= 0.6 is 0 Å². The number of carbonyl (C=O) groups excluding carboxylic acids is 2. The van der Waals surface area contributed by atoms with Gasteiger partial charge >= 0.3 is 11.9 Å². The molecule has 1 rings (SSSR count). The first-order valence-electron chi connectivity index (χ1n) is 7.42. The summed E-state index contributed by atoms with van der Waals surface area (Å²) in [5.41, 5.74) is 0. The van der Waals surface area contributed by atoms with Crippen LogP contribution in [0, 0.1) is 0 Å². The van der Waals surface area contributed by atoms with E-state index in [0.717, 1.165) is 0 Å². The molecule has 0 N–H and O–H groups in total. The van der Waals surface area contributed by atoms with E-state index < -0.39 is 18.0 Å². The van der Waals surface area contributed by atoms with E-state index >= 15 is 0 Å². The standard InChI is InChI=1S/C14H24O9/c1-17-12-13(15)22-10-8-20-6-4-18-2-3-19-5-7-21-9-11-23-14(12)16/h12H,2-11H2,1H3. The minimum Gasteiger partial charge on any atom is -0.461 e. The third kappa shape index (κ3) is 9.47. The maximum atomic E-state index is 11.7. The minimum atomic E-state index is -1.41. The number of rotatable bonds is 1. The lowest BCUT2D eigenvalue weighted by Gasteiger charge is -2.14. The highest BCUT2D eigenvalue weighted by Gasteiger charge is 2.29. The van der Waals surface area contributed by atoms with Gasteiger partial charge in [0.1, 0.15) is 13.2 Å². The molecule has 0 bridgehead atoms. The Balaban J connectivity index is 2.38. The molecule has 9 heteroatoms. The molecule has 1 heterocycles.